The van der Waals surface area contributed by atoms with E-state index in [1.807, 2.05) is 26.0 Å². The van der Waals surface area contributed by atoms with E-state index in [9.17, 15) is 4.91 Å². The summed E-state index contributed by atoms with van der Waals surface area (Å²) in [5.41, 5.74) is 3.60. The van der Waals surface area contributed by atoms with E-state index in [2.05, 4.69) is 16.3 Å². The first-order valence-corrected chi connectivity index (χ1v) is 6.08. The van der Waals surface area contributed by atoms with E-state index in [1.165, 1.54) is 0 Å². The number of nitrogens with zero attached hydrogens (tertiary/aromatic N) is 4. The van der Waals surface area contributed by atoms with Crippen LogP contribution in [0.1, 0.15) is 29.4 Å². The summed E-state index contributed by atoms with van der Waals surface area (Å²) in [6.45, 7) is 4.36. The molecule has 0 aliphatic carbocycles. The van der Waals surface area contributed by atoms with Gasteiger partial charge in [-0.2, -0.15) is 10.4 Å². The lowest BCUT2D eigenvalue weighted by Gasteiger charge is -2.04. The highest BCUT2D eigenvalue weighted by atomic mass is 16.3. The summed E-state index contributed by atoms with van der Waals surface area (Å²) < 4.78 is 1.77. The monoisotopic (exact) mass is 254 g/mol. The van der Waals surface area contributed by atoms with Gasteiger partial charge in [0.25, 0.3) is 0 Å². The van der Waals surface area contributed by atoms with E-state index in [1.54, 1.807) is 16.8 Å². The molecule has 1 heterocycles. The van der Waals surface area contributed by atoms with Crippen molar-refractivity contribution < 1.29 is 0 Å². The van der Waals surface area contributed by atoms with Gasteiger partial charge < -0.3 is 0 Å². The van der Waals surface area contributed by atoms with Gasteiger partial charge in [0, 0.05) is 0 Å². The molecule has 2 rings (SSSR count). The number of aromatic nitrogens is 2. The molecule has 0 bridgehead atoms. The van der Waals surface area contributed by atoms with Gasteiger partial charge in [-0.3, -0.25) is 4.68 Å². The predicted octanol–water partition coefficient (Wildman–Crippen LogP) is 3.07. The van der Waals surface area contributed by atoms with Crippen molar-refractivity contribution in [1.29, 1.82) is 5.26 Å². The van der Waals surface area contributed by atoms with Gasteiger partial charge in [-0.1, -0.05) is 19.1 Å². The van der Waals surface area contributed by atoms with Crippen molar-refractivity contribution in [2.45, 2.75) is 26.8 Å². The standard InChI is InChI=1S/C14H14N4O/c1-3-13-14(17-19)10(2)18(16-13)9-12-6-4-11(8-15)5-7-12/h4-7H,3,9H2,1-2H3. The molecule has 5 heteroatoms. The smallest absolute Gasteiger partial charge is 0.151 e. The fourth-order valence-electron chi connectivity index (χ4n) is 1.97. The largest absolute Gasteiger partial charge is 0.263 e. The van der Waals surface area contributed by atoms with Crippen molar-refractivity contribution in [2.24, 2.45) is 5.18 Å². The molecule has 0 aliphatic rings. The van der Waals surface area contributed by atoms with E-state index in [4.69, 9.17) is 5.26 Å². The lowest BCUT2D eigenvalue weighted by Crippen LogP contribution is -2.04. The van der Waals surface area contributed by atoms with Crippen molar-refractivity contribution in [2.75, 3.05) is 0 Å². The van der Waals surface area contributed by atoms with Gasteiger partial charge in [-0.15, -0.1) is 4.91 Å². The summed E-state index contributed by atoms with van der Waals surface area (Å²) >= 11 is 0. The molecule has 0 radical (unpaired) electrons. The van der Waals surface area contributed by atoms with Gasteiger partial charge in [0.15, 0.2) is 5.69 Å². The molecule has 0 saturated carbocycles. The SMILES string of the molecule is CCc1nn(Cc2ccc(C#N)cc2)c(C)c1N=O. The van der Waals surface area contributed by atoms with Gasteiger partial charge in [0.1, 0.15) is 0 Å². The molecule has 0 fully saturated rings. The number of hydrogen-bond donors (Lipinski definition) is 0. The van der Waals surface area contributed by atoms with Crippen LogP contribution in [-0.2, 0) is 13.0 Å². The zero-order chi connectivity index (χ0) is 13.8. The molecule has 1 aromatic carbocycles. The fourth-order valence-corrected chi connectivity index (χ4v) is 1.97. The minimum absolute atomic E-state index is 0.441. The van der Waals surface area contributed by atoms with E-state index in [0.29, 0.717) is 24.2 Å². The van der Waals surface area contributed by atoms with Gasteiger partial charge >= 0.3 is 0 Å². The van der Waals surface area contributed by atoms with Crippen LogP contribution in [0.4, 0.5) is 5.69 Å². The topological polar surface area (TPSA) is 71.0 Å². The highest BCUT2D eigenvalue weighted by Crippen LogP contribution is 2.24. The second-order valence-electron chi connectivity index (χ2n) is 4.29. The Morgan fingerprint density at radius 3 is 2.53 bits per heavy atom. The molecular weight excluding hydrogens is 240 g/mol. The molecule has 96 valence electrons. The lowest BCUT2D eigenvalue weighted by atomic mass is 10.1. The van der Waals surface area contributed by atoms with Crippen molar-refractivity contribution in [1.82, 2.24) is 9.78 Å². The quantitative estimate of drug-likeness (QED) is 0.787. The van der Waals surface area contributed by atoms with Crippen molar-refractivity contribution in [3.05, 3.63) is 51.7 Å². The van der Waals surface area contributed by atoms with Crippen LogP contribution in [0.5, 0.6) is 0 Å². The maximum Gasteiger partial charge on any atom is 0.151 e. The Bertz CT molecular complexity index is 635. The molecule has 0 atom stereocenters. The summed E-state index contributed by atoms with van der Waals surface area (Å²) in [5, 5.41) is 16.2. The number of aryl methyl sites for hydroxylation is 1. The van der Waals surface area contributed by atoms with Gasteiger partial charge in [-0.25, -0.2) is 0 Å². The normalized spacial score (nSPS) is 10.2. The number of nitriles is 1. The molecule has 0 amide bonds. The molecule has 19 heavy (non-hydrogen) atoms. The average molecular weight is 254 g/mol. The Hall–Kier alpha value is -2.48. The molecular formula is C14H14N4O. The minimum atomic E-state index is 0.441. The summed E-state index contributed by atoms with van der Waals surface area (Å²) in [4.78, 5) is 10.8. The molecule has 1 aromatic heterocycles. The van der Waals surface area contributed by atoms with Crippen LogP contribution in [0.25, 0.3) is 0 Å². The first kappa shape index (κ1) is 13.0. The van der Waals surface area contributed by atoms with E-state index in [-0.39, 0.29) is 0 Å². The van der Waals surface area contributed by atoms with Crippen molar-refractivity contribution >= 4 is 5.69 Å². The van der Waals surface area contributed by atoms with Gasteiger partial charge in [0.2, 0.25) is 0 Å². The summed E-state index contributed by atoms with van der Waals surface area (Å²) in [6.07, 6.45) is 0.683. The van der Waals surface area contributed by atoms with Gasteiger partial charge in [-0.05, 0) is 36.2 Å². The van der Waals surface area contributed by atoms with Crippen LogP contribution >= 0.6 is 0 Å². The number of rotatable bonds is 4. The third-order valence-electron chi connectivity index (χ3n) is 3.09. The maximum atomic E-state index is 10.8. The Kier molecular flexibility index (Phi) is 3.71. The highest BCUT2D eigenvalue weighted by molar-refractivity contribution is 5.47. The van der Waals surface area contributed by atoms with Crippen LogP contribution in [0.15, 0.2) is 29.4 Å². The third-order valence-corrected chi connectivity index (χ3v) is 3.09. The van der Waals surface area contributed by atoms with Crippen molar-refractivity contribution in [3.8, 4) is 6.07 Å². The Morgan fingerprint density at radius 2 is 2.05 bits per heavy atom. The highest BCUT2D eigenvalue weighted by Gasteiger charge is 2.14. The minimum Gasteiger partial charge on any atom is -0.263 e. The molecule has 0 saturated heterocycles. The predicted molar refractivity (Wildman–Crippen MR) is 72.1 cm³/mol. The van der Waals surface area contributed by atoms with E-state index >= 15 is 0 Å². The average Bonchev–Trinajstić information content (AvgIpc) is 2.75. The molecule has 2 aromatic rings. The summed E-state index contributed by atoms with van der Waals surface area (Å²) in [6, 6.07) is 9.40. The summed E-state index contributed by atoms with van der Waals surface area (Å²) in [5.74, 6) is 0. The zero-order valence-corrected chi connectivity index (χ0v) is 10.9. The Morgan fingerprint density at radius 1 is 1.37 bits per heavy atom. The van der Waals surface area contributed by atoms with E-state index < -0.39 is 0 Å². The van der Waals surface area contributed by atoms with Gasteiger partial charge in [0.05, 0.1) is 29.6 Å². The third kappa shape index (κ3) is 2.52. The summed E-state index contributed by atoms with van der Waals surface area (Å²) in [7, 11) is 0. The number of benzene rings is 1. The first-order valence-electron chi connectivity index (χ1n) is 6.08. The van der Waals surface area contributed by atoms with Crippen molar-refractivity contribution in [3.63, 3.8) is 0 Å². The molecule has 0 spiro atoms. The fraction of sp³-hybridized carbons (Fsp3) is 0.286. The number of nitroso groups, excluding NO2 is 1. The second kappa shape index (κ2) is 5.44. The lowest BCUT2D eigenvalue weighted by molar-refractivity contribution is 0.654. The van der Waals surface area contributed by atoms with Crippen LogP contribution in [0, 0.1) is 23.2 Å². The van der Waals surface area contributed by atoms with Crippen LogP contribution in [-0.4, -0.2) is 9.78 Å². The Balaban J connectivity index is 2.30. The molecule has 0 aliphatic heterocycles. The van der Waals surface area contributed by atoms with Crippen LogP contribution in [0.2, 0.25) is 0 Å². The molecule has 5 nitrogen and oxygen atoms in total. The number of hydrogen-bond acceptors (Lipinski definition) is 4. The molecule has 0 unspecified atom stereocenters. The van der Waals surface area contributed by atoms with Crippen LogP contribution < -0.4 is 0 Å². The van der Waals surface area contributed by atoms with E-state index in [0.717, 1.165) is 17.0 Å². The van der Waals surface area contributed by atoms with Crippen LogP contribution in [0.3, 0.4) is 0 Å². The zero-order valence-electron chi connectivity index (χ0n) is 10.9. The Labute approximate surface area is 111 Å². The molecule has 0 N–H and O–H groups in total. The maximum absolute atomic E-state index is 10.8. The first-order chi connectivity index (χ1) is 9.19. The second-order valence-corrected chi connectivity index (χ2v) is 4.29.